The standard InChI is InChI=1S/C24H30FN3O2/c1-23(2,3)28-13-21(30-14-24(28,4)5)19-12-18-16(9-10-26-22(18)27-19)17-8-7-15(25)11-20(17)29-6/h7-12,21H,13-14H2,1-6H3,(H,26,27). The quantitative estimate of drug-likeness (QED) is 0.633. The average molecular weight is 412 g/mol. The minimum atomic E-state index is -0.323. The lowest BCUT2D eigenvalue weighted by Crippen LogP contribution is -2.60. The molecular weight excluding hydrogens is 381 g/mol. The van der Waals surface area contributed by atoms with Crippen molar-refractivity contribution in [3.63, 3.8) is 0 Å². The number of fused-ring (bicyclic) bond motifs is 1. The number of nitrogens with one attached hydrogen (secondary N) is 1. The summed E-state index contributed by atoms with van der Waals surface area (Å²) in [6, 6.07) is 8.64. The number of hydrogen-bond donors (Lipinski definition) is 1. The molecule has 1 aliphatic rings. The molecule has 5 nitrogen and oxygen atoms in total. The number of nitrogens with zero attached hydrogens (tertiary/aromatic N) is 2. The maximum atomic E-state index is 13.7. The SMILES string of the molecule is COc1cc(F)ccc1-c1ccnc2[nH]c(C3CN(C(C)(C)C)C(C)(C)CO3)cc12. The summed E-state index contributed by atoms with van der Waals surface area (Å²) in [6.45, 7) is 12.6. The molecule has 0 radical (unpaired) electrons. The van der Waals surface area contributed by atoms with Gasteiger partial charge in [-0.2, -0.15) is 0 Å². The highest BCUT2D eigenvalue weighted by Gasteiger charge is 2.41. The Labute approximate surface area is 177 Å². The zero-order chi connectivity index (χ0) is 21.7. The first-order valence-electron chi connectivity index (χ1n) is 10.3. The second kappa shape index (κ2) is 7.36. The van der Waals surface area contributed by atoms with Gasteiger partial charge in [-0.1, -0.05) is 0 Å². The molecular formula is C24H30FN3O2. The monoisotopic (exact) mass is 411 g/mol. The van der Waals surface area contributed by atoms with Crippen molar-refractivity contribution in [2.24, 2.45) is 0 Å². The molecule has 1 fully saturated rings. The third-order valence-corrected chi connectivity index (χ3v) is 5.88. The third kappa shape index (κ3) is 3.70. The summed E-state index contributed by atoms with van der Waals surface area (Å²) in [5.41, 5.74) is 3.55. The van der Waals surface area contributed by atoms with Gasteiger partial charge in [-0.15, -0.1) is 0 Å². The average Bonchev–Trinajstić information content (AvgIpc) is 3.11. The smallest absolute Gasteiger partial charge is 0.138 e. The molecule has 1 unspecified atom stereocenters. The molecule has 0 saturated carbocycles. The van der Waals surface area contributed by atoms with Gasteiger partial charge < -0.3 is 14.5 Å². The van der Waals surface area contributed by atoms with Crippen molar-refractivity contribution in [2.45, 2.75) is 51.8 Å². The molecule has 0 amide bonds. The number of aromatic nitrogens is 2. The maximum Gasteiger partial charge on any atom is 0.138 e. The largest absolute Gasteiger partial charge is 0.496 e. The molecule has 1 aliphatic heterocycles. The van der Waals surface area contributed by atoms with E-state index in [0.717, 1.165) is 34.4 Å². The molecule has 0 aliphatic carbocycles. The summed E-state index contributed by atoms with van der Waals surface area (Å²) >= 11 is 0. The van der Waals surface area contributed by atoms with Crippen LogP contribution in [0.4, 0.5) is 4.39 Å². The topological polar surface area (TPSA) is 50.4 Å². The number of hydrogen-bond acceptors (Lipinski definition) is 4. The van der Waals surface area contributed by atoms with Crippen LogP contribution in [0.3, 0.4) is 0 Å². The van der Waals surface area contributed by atoms with Gasteiger partial charge in [0.05, 0.1) is 13.7 Å². The lowest BCUT2D eigenvalue weighted by Gasteiger charge is -2.51. The Morgan fingerprint density at radius 1 is 1.20 bits per heavy atom. The van der Waals surface area contributed by atoms with E-state index in [2.05, 4.69) is 55.6 Å². The Bertz CT molecular complexity index is 1070. The van der Waals surface area contributed by atoms with Gasteiger partial charge in [0, 0.05) is 46.5 Å². The van der Waals surface area contributed by atoms with Crippen molar-refractivity contribution in [2.75, 3.05) is 20.3 Å². The Morgan fingerprint density at radius 3 is 2.67 bits per heavy atom. The summed E-state index contributed by atoms with van der Waals surface area (Å²) < 4.78 is 25.4. The van der Waals surface area contributed by atoms with Crippen LogP contribution < -0.4 is 4.74 Å². The zero-order valence-electron chi connectivity index (χ0n) is 18.5. The van der Waals surface area contributed by atoms with Crippen molar-refractivity contribution in [1.82, 2.24) is 14.9 Å². The van der Waals surface area contributed by atoms with E-state index in [1.165, 1.54) is 12.1 Å². The number of methoxy groups -OCH3 is 1. The Balaban J connectivity index is 1.74. The first-order chi connectivity index (χ1) is 14.1. The van der Waals surface area contributed by atoms with E-state index < -0.39 is 0 Å². The molecule has 1 N–H and O–H groups in total. The second-order valence-electron chi connectivity index (χ2n) is 9.58. The van der Waals surface area contributed by atoms with E-state index in [9.17, 15) is 4.39 Å². The number of benzene rings is 1. The summed E-state index contributed by atoms with van der Waals surface area (Å²) in [7, 11) is 1.55. The zero-order valence-corrected chi connectivity index (χ0v) is 18.5. The van der Waals surface area contributed by atoms with Gasteiger partial charge in [0.15, 0.2) is 0 Å². The first-order valence-corrected chi connectivity index (χ1v) is 10.3. The molecule has 6 heteroatoms. The van der Waals surface area contributed by atoms with E-state index in [1.54, 1.807) is 19.4 Å². The number of aromatic amines is 1. The van der Waals surface area contributed by atoms with Crippen LogP contribution in [0, 0.1) is 5.82 Å². The number of ether oxygens (including phenoxy) is 2. The van der Waals surface area contributed by atoms with E-state index in [1.807, 2.05) is 6.07 Å². The Kier molecular flexibility index (Phi) is 5.11. The van der Waals surface area contributed by atoms with Crippen LogP contribution in [-0.4, -0.2) is 46.2 Å². The number of morpholine rings is 1. The van der Waals surface area contributed by atoms with Gasteiger partial charge in [0.25, 0.3) is 0 Å². The molecule has 0 spiro atoms. The molecule has 1 atom stereocenters. The van der Waals surface area contributed by atoms with Crippen molar-refractivity contribution in [3.05, 3.63) is 48.0 Å². The summed E-state index contributed by atoms with van der Waals surface area (Å²) in [5.74, 6) is 0.177. The van der Waals surface area contributed by atoms with Gasteiger partial charge in [0.2, 0.25) is 0 Å². The third-order valence-electron chi connectivity index (χ3n) is 5.88. The van der Waals surface area contributed by atoms with E-state index in [4.69, 9.17) is 9.47 Å². The van der Waals surface area contributed by atoms with Crippen LogP contribution in [0.1, 0.15) is 46.4 Å². The summed E-state index contributed by atoms with van der Waals surface area (Å²) in [4.78, 5) is 10.5. The fraction of sp³-hybridized carbons (Fsp3) is 0.458. The number of H-pyrrole nitrogens is 1. The van der Waals surface area contributed by atoms with Gasteiger partial charge >= 0.3 is 0 Å². The van der Waals surface area contributed by atoms with Gasteiger partial charge in [-0.25, -0.2) is 9.37 Å². The molecule has 4 rings (SSSR count). The van der Waals surface area contributed by atoms with Gasteiger partial charge in [-0.05, 0) is 64.4 Å². The van der Waals surface area contributed by atoms with Gasteiger partial charge in [-0.3, -0.25) is 4.90 Å². The first kappa shape index (κ1) is 20.8. The highest BCUT2D eigenvalue weighted by atomic mass is 19.1. The summed E-state index contributed by atoms with van der Waals surface area (Å²) in [5, 5.41) is 0.966. The minimum Gasteiger partial charge on any atom is -0.496 e. The Morgan fingerprint density at radius 2 is 1.97 bits per heavy atom. The van der Waals surface area contributed by atoms with Crippen LogP contribution in [-0.2, 0) is 4.74 Å². The predicted molar refractivity (Wildman–Crippen MR) is 117 cm³/mol. The second-order valence-corrected chi connectivity index (χ2v) is 9.58. The van der Waals surface area contributed by atoms with E-state index in [-0.39, 0.29) is 23.0 Å². The van der Waals surface area contributed by atoms with Crippen LogP contribution in [0.15, 0.2) is 36.5 Å². The molecule has 1 aromatic carbocycles. The van der Waals surface area contributed by atoms with E-state index in [0.29, 0.717) is 12.4 Å². The molecule has 1 saturated heterocycles. The van der Waals surface area contributed by atoms with Crippen LogP contribution in [0.5, 0.6) is 5.75 Å². The van der Waals surface area contributed by atoms with Gasteiger partial charge in [0.1, 0.15) is 23.3 Å². The normalized spacial score (nSPS) is 19.9. The number of halogens is 1. The molecule has 3 heterocycles. The highest BCUT2D eigenvalue weighted by Crippen LogP contribution is 2.39. The van der Waals surface area contributed by atoms with Crippen molar-refractivity contribution < 1.29 is 13.9 Å². The molecule has 3 aromatic rings. The van der Waals surface area contributed by atoms with Crippen molar-refractivity contribution in [1.29, 1.82) is 0 Å². The lowest BCUT2D eigenvalue weighted by molar-refractivity contribution is -0.133. The number of rotatable bonds is 3. The fourth-order valence-corrected chi connectivity index (χ4v) is 4.56. The van der Waals surface area contributed by atoms with E-state index >= 15 is 0 Å². The van der Waals surface area contributed by atoms with Crippen LogP contribution >= 0.6 is 0 Å². The lowest BCUT2D eigenvalue weighted by atomic mass is 9.92. The molecule has 0 bridgehead atoms. The van der Waals surface area contributed by atoms with Crippen LogP contribution in [0.25, 0.3) is 22.2 Å². The molecule has 160 valence electrons. The van der Waals surface area contributed by atoms with Crippen molar-refractivity contribution in [3.8, 4) is 16.9 Å². The predicted octanol–water partition coefficient (Wildman–Crippen LogP) is 5.33. The molecule has 30 heavy (non-hydrogen) atoms. The van der Waals surface area contributed by atoms with Crippen molar-refractivity contribution >= 4 is 11.0 Å². The maximum absolute atomic E-state index is 13.7. The highest BCUT2D eigenvalue weighted by molar-refractivity contribution is 5.95. The number of pyridine rings is 1. The Hall–Kier alpha value is -2.44. The van der Waals surface area contributed by atoms with Crippen LogP contribution in [0.2, 0.25) is 0 Å². The minimum absolute atomic E-state index is 0.0302. The summed E-state index contributed by atoms with van der Waals surface area (Å²) in [6.07, 6.45) is 1.68. The molecule has 2 aromatic heterocycles. The fourth-order valence-electron chi connectivity index (χ4n) is 4.56.